The first-order valence-corrected chi connectivity index (χ1v) is 21.3. The molecule has 0 aliphatic carbocycles. The number of benzene rings is 10. The second-order valence-electron chi connectivity index (χ2n) is 15.7. The van der Waals surface area contributed by atoms with Crippen molar-refractivity contribution < 1.29 is 0 Å². The predicted molar refractivity (Wildman–Crippen MR) is 263 cm³/mol. The Morgan fingerprint density at radius 1 is 0.274 bits per heavy atom. The molecule has 0 saturated heterocycles. The summed E-state index contributed by atoms with van der Waals surface area (Å²) in [4.78, 5) is 2.49. The average molecular weight is 791 g/mol. The van der Waals surface area contributed by atoms with Crippen molar-refractivity contribution in [2.75, 3.05) is 4.90 Å². The number of rotatable bonds is 9. The van der Waals surface area contributed by atoms with Gasteiger partial charge in [-0.15, -0.1) is 0 Å². The van der Waals surface area contributed by atoms with Crippen LogP contribution in [0.4, 0.5) is 17.1 Å². The van der Waals surface area contributed by atoms with Crippen LogP contribution in [-0.4, -0.2) is 4.57 Å². The zero-order chi connectivity index (χ0) is 41.2. The molecule has 0 N–H and O–H groups in total. The standard InChI is InChI=1S/C60H42N2/c1-6-21-43(22-7-1)48-37-39-52(46-27-12-4-13-28-46)59(41-48)62-56-34-19-17-32-53(56)60-57(35-20-36-58(60)62)61(55-33-18-16-31-51(55)45-25-10-3-11-26-45)49-38-40-50(44-23-8-2-9-24-44)54(42-49)47-29-14-5-15-30-47/h1-42H. The van der Waals surface area contributed by atoms with Crippen molar-refractivity contribution in [1.29, 1.82) is 0 Å². The minimum atomic E-state index is 1.08. The molecule has 11 rings (SSSR count). The van der Waals surface area contributed by atoms with Gasteiger partial charge in [-0.2, -0.15) is 0 Å². The highest BCUT2D eigenvalue weighted by Crippen LogP contribution is 2.49. The van der Waals surface area contributed by atoms with Crippen LogP contribution in [0.15, 0.2) is 255 Å². The van der Waals surface area contributed by atoms with Crippen molar-refractivity contribution in [1.82, 2.24) is 4.57 Å². The molecule has 1 aromatic heterocycles. The summed E-state index contributed by atoms with van der Waals surface area (Å²) >= 11 is 0. The molecule has 0 radical (unpaired) electrons. The normalized spacial score (nSPS) is 11.2. The smallest absolute Gasteiger partial charge is 0.0562 e. The molecule has 0 aliphatic rings. The highest BCUT2D eigenvalue weighted by Gasteiger charge is 2.25. The lowest BCUT2D eigenvalue weighted by molar-refractivity contribution is 1.18. The van der Waals surface area contributed by atoms with Gasteiger partial charge in [0.05, 0.1) is 28.1 Å². The summed E-state index contributed by atoms with van der Waals surface area (Å²) in [6, 6.07) is 92.2. The van der Waals surface area contributed by atoms with Crippen molar-refractivity contribution in [3.63, 3.8) is 0 Å². The van der Waals surface area contributed by atoms with E-state index in [9.17, 15) is 0 Å². The fourth-order valence-corrected chi connectivity index (χ4v) is 9.17. The van der Waals surface area contributed by atoms with Crippen molar-refractivity contribution in [2.45, 2.75) is 0 Å². The van der Waals surface area contributed by atoms with Gasteiger partial charge in [0.1, 0.15) is 0 Å². The number of fused-ring (bicyclic) bond motifs is 3. The lowest BCUT2D eigenvalue weighted by Crippen LogP contribution is -2.12. The Balaban J connectivity index is 1.22. The van der Waals surface area contributed by atoms with Gasteiger partial charge in [0.2, 0.25) is 0 Å². The Hall–Kier alpha value is -8.20. The summed E-state index contributed by atoms with van der Waals surface area (Å²) in [5, 5.41) is 2.37. The molecule has 2 heteroatoms. The Morgan fingerprint density at radius 2 is 0.758 bits per heavy atom. The van der Waals surface area contributed by atoms with Gasteiger partial charge in [-0.3, -0.25) is 0 Å². The number of nitrogens with zero attached hydrogens (tertiary/aromatic N) is 2. The topological polar surface area (TPSA) is 8.17 Å². The third-order valence-electron chi connectivity index (χ3n) is 12.0. The van der Waals surface area contributed by atoms with Crippen LogP contribution in [0.2, 0.25) is 0 Å². The molecule has 0 amide bonds. The maximum atomic E-state index is 2.49. The predicted octanol–water partition coefficient (Wildman–Crippen LogP) is 16.6. The van der Waals surface area contributed by atoms with E-state index < -0.39 is 0 Å². The van der Waals surface area contributed by atoms with E-state index >= 15 is 0 Å². The molecule has 0 bridgehead atoms. The molecule has 62 heavy (non-hydrogen) atoms. The summed E-state index contributed by atoms with van der Waals surface area (Å²) in [5.41, 5.74) is 18.5. The molecule has 2 nitrogen and oxygen atoms in total. The maximum absolute atomic E-state index is 2.49. The fourth-order valence-electron chi connectivity index (χ4n) is 9.17. The van der Waals surface area contributed by atoms with Crippen LogP contribution < -0.4 is 4.90 Å². The molecule has 10 aromatic carbocycles. The van der Waals surface area contributed by atoms with Gasteiger partial charge in [0.25, 0.3) is 0 Å². The van der Waals surface area contributed by atoms with Crippen molar-refractivity contribution in [3.05, 3.63) is 255 Å². The molecular formula is C60H42N2. The average Bonchev–Trinajstić information content (AvgIpc) is 3.70. The second-order valence-corrected chi connectivity index (χ2v) is 15.7. The highest BCUT2D eigenvalue weighted by molar-refractivity contribution is 6.17. The van der Waals surface area contributed by atoms with Crippen LogP contribution >= 0.6 is 0 Å². The number of hydrogen-bond acceptors (Lipinski definition) is 1. The Bertz CT molecular complexity index is 3320. The first-order valence-electron chi connectivity index (χ1n) is 21.3. The van der Waals surface area contributed by atoms with Crippen molar-refractivity contribution in [2.24, 2.45) is 0 Å². The molecule has 0 spiro atoms. The van der Waals surface area contributed by atoms with E-state index in [0.717, 1.165) is 44.9 Å². The first kappa shape index (κ1) is 36.8. The van der Waals surface area contributed by atoms with Crippen LogP contribution in [0.3, 0.4) is 0 Å². The third kappa shape index (κ3) is 6.65. The molecule has 0 fully saturated rings. The van der Waals surface area contributed by atoms with Gasteiger partial charge in [0.15, 0.2) is 0 Å². The van der Waals surface area contributed by atoms with E-state index in [-0.39, 0.29) is 0 Å². The summed E-state index contributed by atoms with van der Waals surface area (Å²) in [6.45, 7) is 0. The van der Waals surface area contributed by atoms with Crippen molar-refractivity contribution >= 4 is 38.9 Å². The van der Waals surface area contributed by atoms with Crippen LogP contribution in [0, 0.1) is 0 Å². The quantitative estimate of drug-likeness (QED) is 0.141. The molecule has 0 unspecified atom stereocenters. The van der Waals surface area contributed by atoms with E-state index in [1.54, 1.807) is 0 Å². The lowest BCUT2D eigenvalue weighted by Gasteiger charge is -2.29. The monoisotopic (exact) mass is 790 g/mol. The minimum absolute atomic E-state index is 1.08. The zero-order valence-corrected chi connectivity index (χ0v) is 34.1. The van der Waals surface area contributed by atoms with Gasteiger partial charge in [0, 0.05) is 27.6 Å². The highest BCUT2D eigenvalue weighted by atomic mass is 15.2. The van der Waals surface area contributed by atoms with Gasteiger partial charge in [-0.25, -0.2) is 0 Å². The van der Waals surface area contributed by atoms with Crippen molar-refractivity contribution in [3.8, 4) is 61.3 Å². The lowest BCUT2D eigenvalue weighted by atomic mass is 9.93. The van der Waals surface area contributed by atoms with Gasteiger partial charge < -0.3 is 9.47 Å². The second kappa shape index (κ2) is 16.1. The molecule has 0 aliphatic heterocycles. The maximum Gasteiger partial charge on any atom is 0.0562 e. The van der Waals surface area contributed by atoms with E-state index in [4.69, 9.17) is 0 Å². The van der Waals surface area contributed by atoms with Crippen LogP contribution in [0.25, 0.3) is 83.1 Å². The molecule has 1 heterocycles. The Kier molecular flexibility index (Phi) is 9.57. The first-order chi connectivity index (χ1) is 30.8. The van der Waals surface area contributed by atoms with E-state index in [2.05, 4.69) is 264 Å². The van der Waals surface area contributed by atoms with Crippen LogP contribution in [0.5, 0.6) is 0 Å². The van der Waals surface area contributed by atoms with Crippen LogP contribution in [-0.2, 0) is 0 Å². The third-order valence-corrected chi connectivity index (χ3v) is 12.0. The van der Waals surface area contributed by atoms with Gasteiger partial charge >= 0.3 is 0 Å². The Morgan fingerprint density at radius 3 is 1.42 bits per heavy atom. The largest absolute Gasteiger partial charge is 0.309 e. The summed E-state index contributed by atoms with van der Waals surface area (Å²) in [5.74, 6) is 0. The SMILES string of the molecule is c1ccc(-c2ccc(-c3ccccc3)c(-n3c4ccccc4c4c(N(c5ccc(-c6ccccc6)c(-c6ccccc6)c5)c5ccccc5-c5ccccc5)cccc43)c2)cc1. The number of anilines is 3. The van der Waals surface area contributed by atoms with E-state index in [1.165, 1.54) is 55.3 Å². The summed E-state index contributed by atoms with van der Waals surface area (Å²) in [7, 11) is 0. The molecular weight excluding hydrogens is 749 g/mol. The molecule has 0 atom stereocenters. The summed E-state index contributed by atoms with van der Waals surface area (Å²) in [6.07, 6.45) is 0. The Labute approximate surface area is 362 Å². The van der Waals surface area contributed by atoms with Gasteiger partial charge in [-0.05, 0) is 87.0 Å². The minimum Gasteiger partial charge on any atom is -0.309 e. The molecule has 0 saturated carbocycles. The summed E-state index contributed by atoms with van der Waals surface area (Å²) < 4.78 is 2.48. The number of para-hydroxylation sites is 2. The molecule has 292 valence electrons. The number of aromatic nitrogens is 1. The van der Waals surface area contributed by atoms with Gasteiger partial charge in [-0.1, -0.05) is 212 Å². The fraction of sp³-hybridized carbons (Fsp3) is 0. The van der Waals surface area contributed by atoms with E-state index in [0.29, 0.717) is 0 Å². The van der Waals surface area contributed by atoms with Crippen LogP contribution in [0.1, 0.15) is 0 Å². The zero-order valence-electron chi connectivity index (χ0n) is 34.1. The number of hydrogen-bond donors (Lipinski definition) is 0. The molecule has 11 aromatic rings. The van der Waals surface area contributed by atoms with E-state index in [1.807, 2.05) is 0 Å².